The van der Waals surface area contributed by atoms with Gasteiger partial charge in [-0.25, -0.2) is 8.42 Å². The molecule has 1 N–H and O–H groups in total. The van der Waals surface area contributed by atoms with Crippen LogP contribution in [0, 0.1) is 0 Å². The van der Waals surface area contributed by atoms with E-state index >= 15 is 0 Å². The summed E-state index contributed by atoms with van der Waals surface area (Å²) in [5, 5.41) is 2.68. The smallest absolute Gasteiger partial charge is 0.244 e. The fraction of sp³-hybridized carbons (Fsp3) is 0.462. The molecule has 1 heterocycles. The number of ether oxygens (including phenoxy) is 1. The molecule has 1 aliphatic heterocycles. The maximum absolute atomic E-state index is 12.8. The average molecular weight is 377 g/mol. The van der Waals surface area contributed by atoms with Crippen LogP contribution in [0.2, 0.25) is 0 Å². The lowest BCUT2D eigenvalue weighted by Crippen LogP contribution is -2.63. The first kappa shape index (κ1) is 16.3. The summed E-state index contributed by atoms with van der Waals surface area (Å²) in [5.41, 5.74) is -1.12. The molecule has 0 spiro atoms. The number of carbonyl (C=O) groups excluding carboxylic acids is 1. The SMILES string of the molecule is COc1ccc(S(=O)(=O)N2CCNC(=O)C2(C)C)cc1Br. The number of halogens is 1. The van der Waals surface area contributed by atoms with E-state index in [4.69, 9.17) is 4.74 Å². The summed E-state index contributed by atoms with van der Waals surface area (Å²) in [4.78, 5) is 12.0. The van der Waals surface area contributed by atoms with Gasteiger partial charge in [-0.3, -0.25) is 4.79 Å². The fourth-order valence-electron chi connectivity index (χ4n) is 2.24. The van der Waals surface area contributed by atoms with Crippen molar-refractivity contribution in [3.63, 3.8) is 0 Å². The van der Waals surface area contributed by atoms with Crippen LogP contribution in [0.5, 0.6) is 5.75 Å². The molecule has 2 rings (SSSR count). The molecular weight excluding hydrogens is 360 g/mol. The number of hydrogen-bond acceptors (Lipinski definition) is 4. The minimum absolute atomic E-state index is 0.123. The van der Waals surface area contributed by atoms with Crippen LogP contribution in [0.1, 0.15) is 13.8 Å². The Morgan fingerprint density at radius 3 is 2.62 bits per heavy atom. The van der Waals surface area contributed by atoms with Gasteiger partial charge in [-0.15, -0.1) is 0 Å². The van der Waals surface area contributed by atoms with Crippen molar-refractivity contribution in [3.8, 4) is 5.75 Å². The number of nitrogens with one attached hydrogen (secondary N) is 1. The molecule has 0 radical (unpaired) electrons. The molecule has 21 heavy (non-hydrogen) atoms. The van der Waals surface area contributed by atoms with E-state index in [1.165, 1.54) is 23.5 Å². The number of rotatable bonds is 3. The minimum Gasteiger partial charge on any atom is -0.496 e. The van der Waals surface area contributed by atoms with Crippen LogP contribution in [0.3, 0.4) is 0 Å². The van der Waals surface area contributed by atoms with E-state index in [0.29, 0.717) is 16.8 Å². The van der Waals surface area contributed by atoms with E-state index in [0.717, 1.165) is 0 Å². The lowest BCUT2D eigenvalue weighted by molar-refractivity contribution is -0.131. The summed E-state index contributed by atoms with van der Waals surface area (Å²) < 4.78 is 32.4. The number of amides is 1. The van der Waals surface area contributed by atoms with E-state index in [1.807, 2.05) is 0 Å². The predicted octanol–water partition coefficient (Wildman–Crippen LogP) is 1.36. The second-order valence-corrected chi connectivity index (χ2v) is 7.91. The monoisotopic (exact) mass is 376 g/mol. The topological polar surface area (TPSA) is 75.7 Å². The third kappa shape index (κ3) is 2.79. The number of carbonyl (C=O) groups is 1. The van der Waals surface area contributed by atoms with Crippen molar-refractivity contribution in [2.75, 3.05) is 20.2 Å². The van der Waals surface area contributed by atoms with E-state index in [1.54, 1.807) is 19.9 Å². The average Bonchev–Trinajstić information content (AvgIpc) is 2.41. The van der Waals surface area contributed by atoms with E-state index in [-0.39, 0.29) is 17.3 Å². The summed E-state index contributed by atoms with van der Waals surface area (Å²) >= 11 is 3.28. The Bertz CT molecular complexity index is 673. The Balaban J connectivity index is 2.46. The molecule has 1 amide bonds. The summed E-state index contributed by atoms with van der Waals surface area (Å²) in [6.45, 7) is 3.73. The summed E-state index contributed by atoms with van der Waals surface area (Å²) in [6.07, 6.45) is 0. The van der Waals surface area contributed by atoms with Gasteiger partial charge in [-0.2, -0.15) is 4.31 Å². The molecule has 1 aliphatic rings. The molecule has 1 fully saturated rings. The van der Waals surface area contributed by atoms with Crippen LogP contribution in [0.4, 0.5) is 0 Å². The van der Waals surface area contributed by atoms with E-state index in [2.05, 4.69) is 21.2 Å². The molecule has 1 aromatic carbocycles. The van der Waals surface area contributed by atoms with Gasteiger partial charge in [0.2, 0.25) is 15.9 Å². The quantitative estimate of drug-likeness (QED) is 0.863. The van der Waals surface area contributed by atoms with Gasteiger partial charge >= 0.3 is 0 Å². The number of sulfonamides is 1. The van der Waals surface area contributed by atoms with Crippen LogP contribution in [0.15, 0.2) is 27.6 Å². The highest BCUT2D eigenvalue weighted by atomic mass is 79.9. The van der Waals surface area contributed by atoms with Gasteiger partial charge in [-0.1, -0.05) is 0 Å². The zero-order valence-corrected chi connectivity index (χ0v) is 14.4. The number of piperazine rings is 1. The van der Waals surface area contributed by atoms with Crippen molar-refractivity contribution in [1.82, 2.24) is 9.62 Å². The second-order valence-electron chi connectivity index (χ2n) is 5.19. The number of hydrogen-bond donors (Lipinski definition) is 1. The fourth-order valence-corrected chi connectivity index (χ4v) is 4.70. The lowest BCUT2D eigenvalue weighted by Gasteiger charge is -2.39. The largest absolute Gasteiger partial charge is 0.496 e. The van der Waals surface area contributed by atoms with Crippen molar-refractivity contribution in [1.29, 1.82) is 0 Å². The molecule has 0 aliphatic carbocycles. The van der Waals surface area contributed by atoms with Gasteiger partial charge in [-0.05, 0) is 48.0 Å². The van der Waals surface area contributed by atoms with Gasteiger partial charge in [0.05, 0.1) is 16.5 Å². The van der Waals surface area contributed by atoms with E-state index < -0.39 is 15.6 Å². The Morgan fingerprint density at radius 1 is 1.38 bits per heavy atom. The lowest BCUT2D eigenvalue weighted by atomic mass is 10.0. The van der Waals surface area contributed by atoms with Crippen LogP contribution in [-0.2, 0) is 14.8 Å². The highest BCUT2D eigenvalue weighted by Gasteiger charge is 2.44. The van der Waals surface area contributed by atoms with Crippen molar-refractivity contribution in [2.24, 2.45) is 0 Å². The summed E-state index contributed by atoms with van der Waals surface area (Å²) in [5.74, 6) is 0.245. The van der Waals surface area contributed by atoms with E-state index in [9.17, 15) is 13.2 Å². The maximum atomic E-state index is 12.8. The molecule has 0 unspecified atom stereocenters. The van der Waals surface area contributed by atoms with Gasteiger partial charge in [0.25, 0.3) is 0 Å². The highest BCUT2D eigenvalue weighted by molar-refractivity contribution is 9.10. The molecule has 116 valence electrons. The number of nitrogens with zero attached hydrogens (tertiary/aromatic N) is 1. The molecule has 1 saturated heterocycles. The van der Waals surface area contributed by atoms with Crippen molar-refractivity contribution in [3.05, 3.63) is 22.7 Å². The van der Waals surface area contributed by atoms with Crippen molar-refractivity contribution < 1.29 is 17.9 Å². The van der Waals surface area contributed by atoms with Crippen molar-refractivity contribution >= 4 is 31.9 Å². The number of benzene rings is 1. The molecule has 0 atom stereocenters. The normalized spacial score (nSPS) is 19.1. The predicted molar refractivity (Wildman–Crippen MR) is 81.7 cm³/mol. The standard InChI is InChI=1S/C13H17BrN2O4S/c1-13(2)12(17)15-6-7-16(13)21(18,19)9-4-5-11(20-3)10(14)8-9/h4-5,8H,6-7H2,1-3H3,(H,15,17). The Labute approximate surface area is 132 Å². The zero-order chi connectivity index (χ0) is 15.8. The first-order chi connectivity index (χ1) is 9.71. The molecule has 0 aromatic heterocycles. The van der Waals surface area contributed by atoms with Gasteiger partial charge in [0.1, 0.15) is 11.3 Å². The van der Waals surface area contributed by atoms with Gasteiger partial charge < -0.3 is 10.1 Å². The van der Waals surface area contributed by atoms with Crippen LogP contribution in [-0.4, -0.2) is 44.4 Å². The van der Waals surface area contributed by atoms with Crippen LogP contribution >= 0.6 is 15.9 Å². The highest BCUT2D eigenvalue weighted by Crippen LogP contribution is 2.31. The molecular formula is C13H17BrN2O4S. The second kappa shape index (κ2) is 5.58. The number of methoxy groups -OCH3 is 1. The van der Waals surface area contributed by atoms with Gasteiger partial charge in [0.15, 0.2) is 0 Å². The Morgan fingerprint density at radius 2 is 2.05 bits per heavy atom. The van der Waals surface area contributed by atoms with Crippen LogP contribution < -0.4 is 10.1 Å². The maximum Gasteiger partial charge on any atom is 0.244 e. The third-order valence-electron chi connectivity index (χ3n) is 3.49. The van der Waals surface area contributed by atoms with Crippen molar-refractivity contribution in [2.45, 2.75) is 24.3 Å². The zero-order valence-electron chi connectivity index (χ0n) is 12.0. The van der Waals surface area contributed by atoms with Gasteiger partial charge in [0, 0.05) is 13.1 Å². The first-order valence-corrected chi connectivity index (χ1v) is 8.59. The molecule has 0 saturated carbocycles. The Hall–Kier alpha value is -1.12. The molecule has 8 heteroatoms. The minimum atomic E-state index is -3.76. The molecule has 0 bridgehead atoms. The van der Waals surface area contributed by atoms with Crippen LogP contribution in [0.25, 0.3) is 0 Å². The molecule has 6 nitrogen and oxygen atoms in total. The Kier molecular flexibility index (Phi) is 4.32. The molecule has 1 aromatic rings. The summed E-state index contributed by atoms with van der Waals surface area (Å²) in [7, 11) is -2.26. The third-order valence-corrected chi connectivity index (χ3v) is 6.18. The first-order valence-electron chi connectivity index (χ1n) is 6.36. The summed E-state index contributed by atoms with van der Waals surface area (Å²) in [6, 6.07) is 4.53.